The number of benzene rings is 1. The van der Waals surface area contributed by atoms with Crippen LogP contribution in [0.25, 0.3) is 0 Å². The van der Waals surface area contributed by atoms with Gasteiger partial charge in [0.1, 0.15) is 0 Å². The van der Waals surface area contributed by atoms with Gasteiger partial charge in [0.05, 0.1) is 0 Å². The van der Waals surface area contributed by atoms with E-state index in [1.807, 2.05) is 0 Å². The predicted molar refractivity (Wildman–Crippen MR) is 68.5 cm³/mol. The van der Waals surface area contributed by atoms with Gasteiger partial charge in [-0.1, -0.05) is 44.2 Å². The number of carbonyl (C=O) groups excluding carboxylic acids is 2. The zero-order chi connectivity index (χ0) is 15.2. The maximum absolute atomic E-state index is 11.6. The van der Waals surface area contributed by atoms with Crippen molar-refractivity contribution in [3.05, 3.63) is 35.9 Å². The lowest BCUT2D eigenvalue weighted by Crippen LogP contribution is -2.44. The molecular weight excluding hydrogens is 264 g/mol. The Morgan fingerprint density at radius 1 is 1.00 bits per heavy atom. The SMILES string of the molecule is CCC(=O)OC(OC(=O)CC)(C(=O)O)c1ccccc1. The molecule has 0 aromatic heterocycles. The van der Waals surface area contributed by atoms with E-state index in [0.717, 1.165) is 0 Å². The molecule has 0 spiro atoms. The van der Waals surface area contributed by atoms with Crippen LogP contribution >= 0.6 is 0 Å². The van der Waals surface area contributed by atoms with Crippen LogP contribution in [0.15, 0.2) is 30.3 Å². The molecule has 6 nitrogen and oxygen atoms in total. The largest absolute Gasteiger partial charge is 0.475 e. The number of aliphatic carboxylic acids is 1. The number of carbonyl (C=O) groups is 3. The maximum atomic E-state index is 11.6. The topological polar surface area (TPSA) is 89.9 Å². The molecule has 0 aliphatic carbocycles. The second kappa shape index (κ2) is 6.70. The number of ether oxygens (including phenoxy) is 2. The molecule has 1 aromatic rings. The molecule has 0 atom stereocenters. The van der Waals surface area contributed by atoms with E-state index in [2.05, 4.69) is 0 Å². The van der Waals surface area contributed by atoms with Crippen molar-refractivity contribution in [3.63, 3.8) is 0 Å². The molecule has 0 fully saturated rings. The summed E-state index contributed by atoms with van der Waals surface area (Å²) in [4.78, 5) is 34.6. The van der Waals surface area contributed by atoms with Crippen LogP contribution in [0, 0.1) is 0 Å². The smallest absolute Gasteiger partial charge is 0.396 e. The fraction of sp³-hybridized carbons (Fsp3) is 0.357. The minimum absolute atomic E-state index is 0.0362. The van der Waals surface area contributed by atoms with Crippen molar-refractivity contribution in [1.29, 1.82) is 0 Å². The summed E-state index contributed by atoms with van der Waals surface area (Å²) < 4.78 is 9.85. The van der Waals surface area contributed by atoms with E-state index in [0.29, 0.717) is 0 Å². The summed E-state index contributed by atoms with van der Waals surface area (Å²) in [5, 5.41) is 9.41. The van der Waals surface area contributed by atoms with E-state index < -0.39 is 23.7 Å². The number of rotatable bonds is 6. The van der Waals surface area contributed by atoms with Gasteiger partial charge in [0.25, 0.3) is 0 Å². The quantitative estimate of drug-likeness (QED) is 0.631. The summed E-state index contributed by atoms with van der Waals surface area (Å²) in [5.41, 5.74) is 0.0658. The molecule has 108 valence electrons. The van der Waals surface area contributed by atoms with Crippen molar-refractivity contribution >= 4 is 17.9 Å². The van der Waals surface area contributed by atoms with Gasteiger partial charge >= 0.3 is 23.7 Å². The highest BCUT2D eigenvalue weighted by Crippen LogP contribution is 2.29. The van der Waals surface area contributed by atoms with Crippen molar-refractivity contribution in [1.82, 2.24) is 0 Å². The summed E-state index contributed by atoms with van der Waals surface area (Å²) in [5.74, 6) is -5.56. The van der Waals surface area contributed by atoms with Crippen LogP contribution in [0.2, 0.25) is 0 Å². The average Bonchev–Trinajstić information content (AvgIpc) is 2.46. The molecule has 1 rings (SSSR count). The first-order chi connectivity index (χ1) is 9.46. The van der Waals surface area contributed by atoms with Gasteiger partial charge in [-0.2, -0.15) is 0 Å². The highest BCUT2D eigenvalue weighted by Gasteiger charge is 2.48. The van der Waals surface area contributed by atoms with Gasteiger partial charge in [0, 0.05) is 18.4 Å². The molecule has 0 aliphatic heterocycles. The van der Waals surface area contributed by atoms with Crippen LogP contribution in [-0.2, 0) is 29.6 Å². The Labute approximate surface area is 116 Å². The van der Waals surface area contributed by atoms with Crippen LogP contribution in [0.5, 0.6) is 0 Å². The number of carboxylic acid groups (broad SMARTS) is 1. The molecule has 1 aromatic carbocycles. The standard InChI is InChI=1S/C14H16O6/c1-3-11(15)19-14(13(17)18,20-12(16)4-2)10-8-6-5-7-9-10/h5-9H,3-4H2,1-2H3,(H,17,18). The molecule has 0 heterocycles. The molecule has 0 bridgehead atoms. The third kappa shape index (κ3) is 3.34. The molecular formula is C14H16O6. The van der Waals surface area contributed by atoms with Crippen LogP contribution in [-0.4, -0.2) is 23.0 Å². The predicted octanol–water partition coefficient (Wildman–Crippen LogP) is 1.83. The number of esters is 2. The summed E-state index contributed by atoms with van der Waals surface area (Å²) >= 11 is 0. The Balaban J connectivity index is 3.30. The van der Waals surface area contributed by atoms with Crippen molar-refractivity contribution in [2.75, 3.05) is 0 Å². The molecule has 6 heteroatoms. The second-order valence-electron chi connectivity index (χ2n) is 3.94. The summed E-state index contributed by atoms with van der Waals surface area (Å²) in [6.45, 7) is 3.03. The van der Waals surface area contributed by atoms with E-state index in [9.17, 15) is 19.5 Å². The molecule has 1 N–H and O–H groups in total. The average molecular weight is 280 g/mol. The molecule has 0 amide bonds. The van der Waals surface area contributed by atoms with Crippen molar-refractivity contribution < 1.29 is 29.0 Å². The Kier molecular flexibility index (Phi) is 5.25. The summed E-state index contributed by atoms with van der Waals surface area (Å²) in [6.07, 6.45) is -0.0723. The third-order valence-electron chi connectivity index (χ3n) is 2.53. The highest BCUT2D eigenvalue weighted by molar-refractivity contribution is 5.85. The second-order valence-corrected chi connectivity index (χ2v) is 3.94. The van der Waals surface area contributed by atoms with Gasteiger partial charge in [0.2, 0.25) is 0 Å². The minimum atomic E-state index is -2.44. The van der Waals surface area contributed by atoms with Crippen molar-refractivity contribution in [2.24, 2.45) is 0 Å². The van der Waals surface area contributed by atoms with Gasteiger partial charge in [0.15, 0.2) is 0 Å². The van der Waals surface area contributed by atoms with E-state index in [1.165, 1.54) is 26.0 Å². The van der Waals surface area contributed by atoms with E-state index in [1.54, 1.807) is 18.2 Å². The summed E-state index contributed by atoms with van der Waals surface area (Å²) in [6, 6.07) is 7.62. The Bertz CT molecular complexity index is 476. The van der Waals surface area contributed by atoms with Crippen LogP contribution in [0.3, 0.4) is 0 Å². The normalized spacial score (nSPS) is 10.7. The van der Waals surface area contributed by atoms with Crippen LogP contribution in [0.1, 0.15) is 32.3 Å². The lowest BCUT2D eigenvalue weighted by molar-refractivity contribution is -0.241. The van der Waals surface area contributed by atoms with Gasteiger partial charge in [-0.05, 0) is 0 Å². The third-order valence-corrected chi connectivity index (χ3v) is 2.53. The fourth-order valence-electron chi connectivity index (χ4n) is 1.47. The van der Waals surface area contributed by atoms with E-state index in [-0.39, 0.29) is 18.4 Å². The van der Waals surface area contributed by atoms with Gasteiger partial charge in [-0.25, -0.2) is 4.79 Å². The highest BCUT2D eigenvalue weighted by atomic mass is 16.7. The first-order valence-corrected chi connectivity index (χ1v) is 6.18. The number of hydrogen-bond donors (Lipinski definition) is 1. The first kappa shape index (κ1) is 15.7. The molecule has 0 saturated heterocycles. The van der Waals surface area contributed by atoms with E-state index >= 15 is 0 Å². The summed E-state index contributed by atoms with van der Waals surface area (Å²) in [7, 11) is 0. The van der Waals surface area contributed by atoms with Crippen molar-refractivity contribution in [3.8, 4) is 0 Å². The lowest BCUT2D eigenvalue weighted by Gasteiger charge is -2.28. The number of carboxylic acids is 1. The fourth-order valence-corrected chi connectivity index (χ4v) is 1.47. The van der Waals surface area contributed by atoms with E-state index in [4.69, 9.17) is 9.47 Å². The maximum Gasteiger partial charge on any atom is 0.396 e. The molecule has 0 saturated carbocycles. The van der Waals surface area contributed by atoms with Gasteiger partial charge in [-0.3, -0.25) is 9.59 Å². The molecule has 0 unspecified atom stereocenters. The Hall–Kier alpha value is -2.37. The Morgan fingerprint density at radius 2 is 1.45 bits per heavy atom. The molecule has 0 radical (unpaired) electrons. The first-order valence-electron chi connectivity index (χ1n) is 6.18. The monoisotopic (exact) mass is 280 g/mol. The van der Waals surface area contributed by atoms with Gasteiger partial charge < -0.3 is 14.6 Å². The van der Waals surface area contributed by atoms with Gasteiger partial charge in [-0.15, -0.1) is 0 Å². The van der Waals surface area contributed by atoms with Crippen molar-refractivity contribution in [2.45, 2.75) is 32.5 Å². The Morgan fingerprint density at radius 3 is 1.80 bits per heavy atom. The minimum Gasteiger partial charge on any atom is -0.475 e. The molecule has 20 heavy (non-hydrogen) atoms. The zero-order valence-electron chi connectivity index (χ0n) is 11.3. The molecule has 0 aliphatic rings. The van der Waals surface area contributed by atoms with Crippen LogP contribution < -0.4 is 0 Å². The zero-order valence-corrected chi connectivity index (χ0v) is 11.3. The lowest BCUT2D eigenvalue weighted by atomic mass is 10.1. The number of hydrogen-bond acceptors (Lipinski definition) is 5. The van der Waals surface area contributed by atoms with Crippen LogP contribution in [0.4, 0.5) is 0 Å².